The van der Waals surface area contributed by atoms with Crippen molar-refractivity contribution < 1.29 is 9.53 Å². The molecule has 0 bridgehead atoms. The Hall–Kier alpha value is -2.49. The van der Waals surface area contributed by atoms with Gasteiger partial charge in [-0.05, 0) is 32.0 Å². The molecule has 0 amide bonds. The molecular formula is C18H14N2O2S2. The molecule has 0 aliphatic heterocycles. The zero-order valence-corrected chi connectivity index (χ0v) is 14.8. The minimum absolute atomic E-state index is 0.328. The van der Waals surface area contributed by atoms with E-state index < -0.39 is 0 Å². The lowest BCUT2D eigenvalue weighted by molar-refractivity contribution is 0.0531. The van der Waals surface area contributed by atoms with Crippen molar-refractivity contribution in [1.82, 2.24) is 4.98 Å². The lowest BCUT2D eigenvalue weighted by Gasteiger charge is -1.99. The highest BCUT2D eigenvalue weighted by Gasteiger charge is 2.18. The quantitative estimate of drug-likeness (QED) is 0.625. The molecule has 0 radical (unpaired) electrons. The number of hydrogen-bond acceptors (Lipinski definition) is 6. The first kappa shape index (κ1) is 16.4. The fraction of sp³-hybridized carbons (Fsp3) is 0.167. The van der Waals surface area contributed by atoms with Crippen LogP contribution >= 0.6 is 22.7 Å². The van der Waals surface area contributed by atoms with Gasteiger partial charge in [0.15, 0.2) is 0 Å². The van der Waals surface area contributed by atoms with Crippen molar-refractivity contribution in [3.8, 4) is 26.4 Å². The van der Waals surface area contributed by atoms with Crippen LogP contribution in [-0.2, 0) is 4.74 Å². The van der Waals surface area contributed by atoms with Gasteiger partial charge in [0.05, 0.1) is 28.8 Å². The Morgan fingerprint density at radius 2 is 1.96 bits per heavy atom. The Morgan fingerprint density at radius 1 is 1.21 bits per heavy atom. The van der Waals surface area contributed by atoms with E-state index in [1.807, 2.05) is 37.3 Å². The minimum Gasteiger partial charge on any atom is -0.462 e. The second kappa shape index (κ2) is 6.95. The molecule has 0 atom stereocenters. The van der Waals surface area contributed by atoms with Crippen LogP contribution in [0.1, 0.15) is 27.9 Å². The SMILES string of the molecule is CCOC(=O)c1sc(-c2ccc(-c3ccccc3C#N)s2)nc1C. The molecular weight excluding hydrogens is 340 g/mol. The highest BCUT2D eigenvalue weighted by molar-refractivity contribution is 7.24. The Morgan fingerprint density at radius 3 is 2.71 bits per heavy atom. The first-order valence-electron chi connectivity index (χ1n) is 7.38. The van der Waals surface area contributed by atoms with Crippen molar-refractivity contribution in [1.29, 1.82) is 5.26 Å². The summed E-state index contributed by atoms with van der Waals surface area (Å²) in [7, 11) is 0. The lowest BCUT2D eigenvalue weighted by Crippen LogP contribution is -2.03. The molecule has 3 rings (SSSR count). The summed E-state index contributed by atoms with van der Waals surface area (Å²) in [6.07, 6.45) is 0. The predicted molar refractivity (Wildman–Crippen MR) is 96.3 cm³/mol. The predicted octanol–water partition coefficient (Wildman–Crippen LogP) is 4.90. The number of esters is 1. The Bertz CT molecular complexity index is 935. The molecule has 0 N–H and O–H groups in total. The van der Waals surface area contributed by atoms with Gasteiger partial charge in [0.2, 0.25) is 0 Å². The Balaban J connectivity index is 1.96. The third-order valence-electron chi connectivity index (χ3n) is 3.39. The number of ether oxygens (including phenoxy) is 1. The van der Waals surface area contributed by atoms with E-state index in [2.05, 4.69) is 11.1 Å². The average molecular weight is 354 g/mol. The third kappa shape index (κ3) is 3.09. The van der Waals surface area contributed by atoms with Crippen molar-refractivity contribution >= 4 is 28.6 Å². The minimum atomic E-state index is -0.328. The molecule has 6 heteroatoms. The van der Waals surface area contributed by atoms with Gasteiger partial charge in [0, 0.05) is 10.4 Å². The number of carbonyl (C=O) groups excluding carboxylic acids is 1. The molecule has 120 valence electrons. The molecule has 24 heavy (non-hydrogen) atoms. The summed E-state index contributed by atoms with van der Waals surface area (Å²) in [4.78, 5) is 19.0. The maximum atomic E-state index is 11.9. The molecule has 0 saturated carbocycles. The van der Waals surface area contributed by atoms with Crippen molar-refractivity contribution in [2.75, 3.05) is 6.61 Å². The number of thiophene rings is 1. The number of hydrogen-bond donors (Lipinski definition) is 0. The summed E-state index contributed by atoms with van der Waals surface area (Å²) in [6.45, 7) is 3.94. The van der Waals surface area contributed by atoms with Crippen molar-refractivity contribution in [3.05, 3.63) is 52.5 Å². The van der Waals surface area contributed by atoms with Crippen molar-refractivity contribution in [3.63, 3.8) is 0 Å². The van der Waals surface area contributed by atoms with Crippen LogP contribution in [0.2, 0.25) is 0 Å². The van der Waals surface area contributed by atoms with Crippen LogP contribution in [0.25, 0.3) is 20.3 Å². The van der Waals surface area contributed by atoms with Crippen molar-refractivity contribution in [2.45, 2.75) is 13.8 Å². The van der Waals surface area contributed by atoms with Crippen LogP contribution < -0.4 is 0 Å². The summed E-state index contributed by atoms with van der Waals surface area (Å²) in [6, 6.07) is 13.7. The number of benzene rings is 1. The summed E-state index contributed by atoms with van der Waals surface area (Å²) in [5.41, 5.74) is 2.24. The van der Waals surface area contributed by atoms with Gasteiger partial charge in [0.1, 0.15) is 9.88 Å². The molecule has 0 aliphatic carbocycles. The fourth-order valence-corrected chi connectivity index (χ4v) is 4.34. The van der Waals surface area contributed by atoms with E-state index in [1.54, 1.807) is 24.3 Å². The normalized spacial score (nSPS) is 10.4. The molecule has 2 aromatic heterocycles. The maximum Gasteiger partial charge on any atom is 0.350 e. The molecule has 1 aromatic carbocycles. The number of aryl methyl sites for hydroxylation is 1. The van der Waals surface area contributed by atoms with Gasteiger partial charge in [-0.15, -0.1) is 22.7 Å². The highest BCUT2D eigenvalue weighted by Crippen LogP contribution is 2.38. The molecule has 0 saturated heterocycles. The summed E-state index contributed by atoms with van der Waals surface area (Å²) < 4.78 is 5.06. The van der Waals surface area contributed by atoms with Gasteiger partial charge in [-0.1, -0.05) is 18.2 Å². The number of rotatable bonds is 4. The van der Waals surface area contributed by atoms with Gasteiger partial charge >= 0.3 is 5.97 Å². The first-order valence-corrected chi connectivity index (χ1v) is 9.01. The van der Waals surface area contributed by atoms with Gasteiger partial charge in [-0.2, -0.15) is 5.26 Å². The molecule has 2 heterocycles. The fourth-order valence-electron chi connectivity index (χ4n) is 2.28. The van der Waals surface area contributed by atoms with E-state index >= 15 is 0 Å². The Labute approximate surface area is 148 Å². The molecule has 0 aliphatic rings. The maximum absolute atomic E-state index is 11.9. The van der Waals surface area contributed by atoms with E-state index in [9.17, 15) is 10.1 Å². The Kier molecular flexibility index (Phi) is 4.74. The van der Waals surface area contributed by atoms with E-state index in [1.165, 1.54) is 11.3 Å². The zero-order chi connectivity index (χ0) is 17.1. The van der Waals surface area contributed by atoms with Gasteiger partial charge in [-0.25, -0.2) is 9.78 Å². The monoisotopic (exact) mass is 354 g/mol. The van der Waals surface area contributed by atoms with Gasteiger partial charge in [-0.3, -0.25) is 0 Å². The number of thiazole rings is 1. The smallest absolute Gasteiger partial charge is 0.350 e. The van der Waals surface area contributed by atoms with Crippen LogP contribution in [0.3, 0.4) is 0 Å². The second-order valence-electron chi connectivity index (χ2n) is 4.98. The van der Waals surface area contributed by atoms with Gasteiger partial charge in [0.25, 0.3) is 0 Å². The number of nitriles is 1. The summed E-state index contributed by atoms with van der Waals surface area (Å²) in [5.74, 6) is -0.328. The van der Waals surface area contributed by atoms with Crippen molar-refractivity contribution in [2.24, 2.45) is 0 Å². The second-order valence-corrected chi connectivity index (χ2v) is 7.06. The topological polar surface area (TPSA) is 63.0 Å². The number of nitrogens with zero attached hydrogens (tertiary/aromatic N) is 2. The third-order valence-corrected chi connectivity index (χ3v) is 5.81. The lowest BCUT2D eigenvalue weighted by atomic mass is 10.1. The largest absolute Gasteiger partial charge is 0.462 e. The van der Waals surface area contributed by atoms with Gasteiger partial charge < -0.3 is 4.74 Å². The van der Waals surface area contributed by atoms with E-state index in [0.717, 1.165) is 20.3 Å². The van der Waals surface area contributed by atoms with E-state index in [-0.39, 0.29) is 5.97 Å². The zero-order valence-electron chi connectivity index (χ0n) is 13.2. The van der Waals surface area contributed by atoms with Crippen LogP contribution in [0.5, 0.6) is 0 Å². The van der Waals surface area contributed by atoms with E-state index in [0.29, 0.717) is 22.7 Å². The van der Waals surface area contributed by atoms with E-state index in [4.69, 9.17) is 4.74 Å². The van der Waals surface area contributed by atoms with Crippen LogP contribution in [0, 0.1) is 18.3 Å². The number of aromatic nitrogens is 1. The molecule has 3 aromatic rings. The molecule has 0 spiro atoms. The molecule has 4 nitrogen and oxygen atoms in total. The van der Waals surface area contributed by atoms with Crippen LogP contribution in [0.15, 0.2) is 36.4 Å². The standard InChI is InChI=1S/C18H14N2O2S2/c1-3-22-18(21)16-11(2)20-17(24-16)15-9-8-14(23-15)13-7-5-4-6-12(13)10-19/h4-9H,3H2,1-2H3. The number of carbonyl (C=O) groups is 1. The molecule has 0 unspecified atom stereocenters. The average Bonchev–Trinajstić information content (AvgIpc) is 3.21. The summed E-state index contributed by atoms with van der Waals surface area (Å²) >= 11 is 2.90. The first-order chi connectivity index (χ1) is 11.6. The van der Waals surface area contributed by atoms with Crippen LogP contribution in [-0.4, -0.2) is 17.6 Å². The van der Waals surface area contributed by atoms with Crippen LogP contribution in [0.4, 0.5) is 0 Å². The summed E-state index contributed by atoms with van der Waals surface area (Å²) in [5, 5.41) is 10.0. The molecule has 0 fully saturated rings. The highest BCUT2D eigenvalue weighted by atomic mass is 32.1.